The van der Waals surface area contributed by atoms with E-state index in [1.54, 1.807) is 6.07 Å². The monoisotopic (exact) mass is 327 g/mol. The molecule has 4 heteroatoms. The summed E-state index contributed by atoms with van der Waals surface area (Å²) in [6, 6.07) is 4.41. The quantitative estimate of drug-likeness (QED) is 0.862. The number of ketones is 1. The minimum absolute atomic E-state index is 0.0395. The van der Waals surface area contributed by atoms with Gasteiger partial charge in [-0.2, -0.15) is 0 Å². The van der Waals surface area contributed by atoms with Crippen molar-refractivity contribution in [2.75, 3.05) is 0 Å². The van der Waals surface area contributed by atoms with Crippen molar-refractivity contribution >= 4 is 21.7 Å². The second kappa shape index (κ2) is 6.62. The molecule has 0 bridgehead atoms. The smallest absolute Gasteiger partial charge is 0.141 e. The fourth-order valence-electron chi connectivity index (χ4n) is 2.73. The summed E-state index contributed by atoms with van der Waals surface area (Å²) < 4.78 is 14.0. The van der Waals surface area contributed by atoms with E-state index in [-0.39, 0.29) is 30.0 Å². The maximum absolute atomic E-state index is 13.2. The third kappa shape index (κ3) is 3.86. The van der Waals surface area contributed by atoms with Gasteiger partial charge in [-0.05, 0) is 36.6 Å². The average Bonchev–Trinajstić information content (AvgIpc) is 2.58. The van der Waals surface area contributed by atoms with Crippen LogP contribution in [0.25, 0.3) is 0 Å². The van der Waals surface area contributed by atoms with Gasteiger partial charge in [0, 0.05) is 22.9 Å². The SMILES string of the molecule is NC1CCCCCC1C(=O)Cc1cc(F)ccc1Br. The molecular formula is C15H19BrFNO. The lowest BCUT2D eigenvalue weighted by Gasteiger charge is -2.20. The molecule has 1 aromatic carbocycles. The van der Waals surface area contributed by atoms with Gasteiger partial charge in [0.2, 0.25) is 0 Å². The highest BCUT2D eigenvalue weighted by molar-refractivity contribution is 9.10. The standard InChI is InChI=1S/C15H19BrFNO/c16-13-7-6-11(17)8-10(13)9-15(19)12-4-2-1-3-5-14(12)18/h6-8,12,14H,1-5,9,18H2. The Morgan fingerprint density at radius 2 is 2.05 bits per heavy atom. The zero-order valence-corrected chi connectivity index (χ0v) is 12.5. The number of halogens is 2. The van der Waals surface area contributed by atoms with Crippen LogP contribution in [-0.4, -0.2) is 11.8 Å². The zero-order chi connectivity index (χ0) is 13.8. The molecule has 19 heavy (non-hydrogen) atoms. The van der Waals surface area contributed by atoms with Crippen LogP contribution in [0.4, 0.5) is 4.39 Å². The van der Waals surface area contributed by atoms with Gasteiger partial charge in [-0.15, -0.1) is 0 Å². The molecule has 2 unspecified atom stereocenters. The molecule has 0 heterocycles. The summed E-state index contributed by atoms with van der Waals surface area (Å²) in [6.07, 6.45) is 5.37. The van der Waals surface area contributed by atoms with Crippen molar-refractivity contribution in [1.82, 2.24) is 0 Å². The molecule has 2 atom stereocenters. The molecule has 0 aromatic heterocycles. The highest BCUT2D eigenvalue weighted by Crippen LogP contribution is 2.26. The molecule has 0 spiro atoms. The zero-order valence-electron chi connectivity index (χ0n) is 10.9. The molecule has 0 aliphatic heterocycles. The van der Waals surface area contributed by atoms with Gasteiger partial charge in [0.1, 0.15) is 11.6 Å². The van der Waals surface area contributed by atoms with Crippen molar-refractivity contribution in [3.63, 3.8) is 0 Å². The Bertz CT molecular complexity index is 463. The fraction of sp³-hybridized carbons (Fsp3) is 0.533. The second-order valence-corrected chi connectivity index (χ2v) is 6.14. The third-order valence-corrected chi connectivity index (χ3v) is 4.63. The minimum atomic E-state index is -0.309. The molecule has 1 aliphatic carbocycles. The first-order valence-electron chi connectivity index (χ1n) is 6.80. The van der Waals surface area contributed by atoms with E-state index in [1.807, 2.05) is 0 Å². The van der Waals surface area contributed by atoms with Gasteiger partial charge in [0.25, 0.3) is 0 Å². The lowest BCUT2D eigenvalue weighted by molar-refractivity contribution is -0.123. The second-order valence-electron chi connectivity index (χ2n) is 5.29. The van der Waals surface area contributed by atoms with Gasteiger partial charge in [-0.1, -0.05) is 35.2 Å². The van der Waals surface area contributed by atoms with Crippen molar-refractivity contribution < 1.29 is 9.18 Å². The van der Waals surface area contributed by atoms with Crippen LogP contribution in [0.2, 0.25) is 0 Å². The first-order chi connectivity index (χ1) is 9.08. The largest absolute Gasteiger partial charge is 0.327 e. The van der Waals surface area contributed by atoms with Crippen LogP contribution in [0.3, 0.4) is 0 Å². The highest BCUT2D eigenvalue weighted by Gasteiger charge is 2.27. The van der Waals surface area contributed by atoms with E-state index in [9.17, 15) is 9.18 Å². The fourth-order valence-corrected chi connectivity index (χ4v) is 3.12. The van der Waals surface area contributed by atoms with Crippen molar-refractivity contribution in [3.8, 4) is 0 Å². The Morgan fingerprint density at radius 3 is 2.84 bits per heavy atom. The van der Waals surface area contributed by atoms with Crippen molar-refractivity contribution in [3.05, 3.63) is 34.1 Å². The summed E-state index contributed by atoms with van der Waals surface area (Å²) in [5, 5.41) is 0. The maximum Gasteiger partial charge on any atom is 0.141 e. The van der Waals surface area contributed by atoms with Crippen molar-refractivity contribution in [2.24, 2.45) is 11.7 Å². The Morgan fingerprint density at radius 1 is 1.32 bits per heavy atom. The van der Waals surface area contributed by atoms with E-state index in [4.69, 9.17) is 5.73 Å². The molecule has 1 fully saturated rings. The molecule has 1 aromatic rings. The van der Waals surface area contributed by atoms with E-state index >= 15 is 0 Å². The Hall–Kier alpha value is -0.740. The molecular weight excluding hydrogens is 309 g/mol. The predicted octanol–water partition coefficient (Wildman–Crippen LogP) is 3.61. The number of nitrogens with two attached hydrogens (primary N) is 1. The first kappa shape index (κ1) is 14.7. The normalized spacial score (nSPS) is 23.9. The maximum atomic E-state index is 13.2. The topological polar surface area (TPSA) is 43.1 Å². The van der Waals surface area contributed by atoms with E-state index < -0.39 is 0 Å². The van der Waals surface area contributed by atoms with Gasteiger partial charge < -0.3 is 5.73 Å². The van der Waals surface area contributed by atoms with E-state index in [0.717, 1.165) is 36.6 Å². The van der Waals surface area contributed by atoms with Crippen molar-refractivity contribution in [2.45, 2.75) is 44.6 Å². The van der Waals surface area contributed by atoms with E-state index in [2.05, 4.69) is 15.9 Å². The predicted molar refractivity (Wildman–Crippen MR) is 77.4 cm³/mol. The Balaban J connectivity index is 2.09. The van der Waals surface area contributed by atoms with Gasteiger partial charge in [-0.3, -0.25) is 4.79 Å². The summed E-state index contributed by atoms with van der Waals surface area (Å²) in [7, 11) is 0. The molecule has 1 aliphatic rings. The van der Waals surface area contributed by atoms with E-state index in [0.29, 0.717) is 5.56 Å². The number of carbonyl (C=O) groups is 1. The van der Waals surface area contributed by atoms with Gasteiger partial charge >= 0.3 is 0 Å². The summed E-state index contributed by atoms with van der Waals surface area (Å²) in [4.78, 5) is 12.4. The Kier molecular flexibility index (Phi) is 5.11. The minimum Gasteiger partial charge on any atom is -0.327 e. The Labute approximate surface area is 121 Å². The van der Waals surface area contributed by atoms with Crippen LogP contribution in [-0.2, 0) is 11.2 Å². The number of hydrogen-bond acceptors (Lipinski definition) is 2. The van der Waals surface area contributed by atoms with Crippen LogP contribution in [0.15, 0.2) is 22.7 Å². The molecule has 104 valence electrons. The van der Waals surface area contributed by atoms with Crippen LogP contribution < -0.4 is 5.73 Å². The van der Waals surface area contributed by atoms with Gasteiger partial charge in [0.05, 0.1) is 0 Å². The van der Waals surface area contributed by atoms with Gasteiger partial charge in [-0.25, -0.2) is 4.39 Å². The van der Waals surface area contributed by atoms with Crippen LogP contribution in [0.5, 0.6) is 0 Å². The molecule has 2 nitrogen and oxygen atoms in total. The van der Waals surface area contributed by atoms with Crippen molar-refractivity contribution in [1.29, 1.82) is 0 Å². The highest BCUT2D eigenvalue weighted by atomic mass is 79.9. The summed E-state index contributed by atoms with van der Waals surface area (Å²) >= 11 is 3.36. The van der Waals surface area contributed by atoms with Crippen LogP contribution >= 0.6 is 15.9 Å². The third-order valence-electron chi connectivity index (χ3n) is 3.86. The first-order valence-corrected chi connectivity index (χ1v) is 7.59. The average molecular weight is 328 g/mol. The molecule has 0 amide bonds. The number of hydrogen-bond donors (Lipinski definition) is 1. The summed E-state index contributed by atoms with van der Waals surface area (Å²) in [5.74, 6) is -0.241. The molecule has 1 saturated carbocycles. The number of carbonyl (C=O) groups excluding carboxylic acids is 1. The van der Waals surface area contributed by atoms with Crippen LogP contribution in [0, 0.1) is 11.7 Å². The molecule has 2 rings (SSSR count). The molecule has 2 N–H and O–H groups in total. The van der Waals surface area contributed by atoms with E-state index in [1.165, 1.54) is 12.1 Å². The molecule has 0 saturated heterocycles. The lowest BCUT2D eigenvalue weighted by Crippen LogP contribution is -2.35. The lowest BCUT2D eigenvalue weighted by atomic mass is 9.88. The molecule has 0 radical (unpaired) electrons. The number of rotatable bonds is 3. The number of Topliss-reactive ketones (excluding diaryl/α,β-unsaturated/α-hetero) is 1. The number of benzene rings is 1. The summed E-state index contributed by atoms with van der Waals surface area (Å²) in [5.41, 5.74) is 6.80. The summed E-state index contributed by atoms with van der Waals surface area (Å²) in [6.45, 7) is 0. The van der Waals surface area contributed by atoms with Crippen LogP contribution in [0.1, 0.15) is 37.7 Å². The van der Waals surface area contributed by atoms with Gasteiger partial charge in [0.15, 0.2) is 0 Å².